The van der Waals surface area contributed by atoms with Crippen molar-refractivity contribution in [2.75, 3.05) is 11.4 Å². The number of aromatic nitrogens is 3. The molecule has 7 nitrogen and oxygen atoms in total. The van der Waals surface area contributed by atoms with E-state index < -0.39 is 0 Å². The molecule has 1 aliphatic heterocycles. The highest BCUT2D eigenvalue weighted by Gasteiger charge is 2.34. The number of rotatable bonds is 3. The number of carbonyl (C=O) groups excluding carboxylic acids is 2. The monoisotopic (exact) mass is 339 g/mol. The summed E-state index contributed by atoms with van der Waals surface area (Å²) in [6.45, 7) is 5.62. The van der Waals surface area contributed by atoms with Crippen LogP contribution < -0.4 is 4.90 Å². The first-order chi connectivity index (χ1) is 12.0. The molecule has 1 saturated heterocycles. The third-order valence-electron chi connectivity index (χ3n) is 4.40. The Morgan fingerprint density at radius 3 is 2.52 bits per heavy atom. The highest BCUT2D eigenvalue weighted by Crippen LogP contribution is 2.37. The van der Waals surface area contributed by atoms with Gasteiger partial charge in [0.15, 0.2) is 5.82 Å². The maximum absolute atomic E-state index is 12.4. The Labute approximate surface area is 146 Å². The molecule has 2 amide bonds. The molecule has 7 heteroatoms. The third-order valence-corrected chi connectivity index (χ3v) is 4.40. The topological polar surface area (TPSA) is 79.3 Å². The van der Waals surface area contributed by atoms with Crippen molar-refractivity contribution >= 4 is 23.5 Å². The first kappa shape index (κ1) is 17.0. The molecule has 0 aromatic carbocycles. The molecule has 2 aromatic heterocycles. The molecule has 0 aliphatic carbocycles. The van der Waals surface area contributed by atoms with Crippen LogP contribution in [0.25, 0.3) is 0 Å². The normalized spacial score (nSPS) is 16.8. The fourth-order valence-electron chi connectivity index (χ4n) is 3.29. The minimum atomic E-state index is -0.198. The van der Waals surface area contributed by atoms with E-state index in [4.69, 9.17) is 0 Å². The summed E-state index contributed by atoms with van der Waals surface area (Å²) in [6.07, 6.45) is 6.51. The minimum absolute atomic E-state index is 0.00231. The molecule has 0 radical (unpaired) electrons. The van der Waals surface area contributed by atoms with E-state index in [2.05, 4.69) is 15.0 Å². The number of anilines is 2. The average molecular weight is 339 g/mol. The van der Waals surface area contributed by atoms with Gasteiger partial charge in [0.25, 0.3) is 0 Å². The van der Waals surface area contributed by atoms with E-state index in [1.807, 2.05) is 19.1 Å². The maximum atomic E-state index is 12.4. The van der Waals surface area contributed by atoms with Crippen molar-refractivity contribution in [2.24, 2.45) is 0 Å². The molecule has 1 fully saturated rings. The molecular formula is C18H21N5O2. The smallest absolute Gasteiger partial charge is 0.230 e. The number of carbonyl (C=O) groups is 2. The van der Waals surface area contributed by atoms with Gasteiger partial charge in [0.1, 0.15) is 11.5 Å². The van der Waals surface area contributed by atoms with Crippen LogP contribution >= 0.6 is 0 Å². The first-order valence-electron chi connectivity index (χ1n) is 8.31. The van der Waals surface area contributed by atoms with Crippen LogP contribution in [0.5, 0.6) is 0 Å². The van der Waals surface area contributed by atoms with Gasteiger partial charge in [0.05, 0.1) is 6.04 Å². The molecule has 25 heavy (non-hydrogen) atoms. The van der Waals surface area contributed by atoms with E-state index >= 15 is 0 Å². The summed E-state index contributed by atoms with van der Waals surface area (Å²) in [5, 5.41) is 0. The molecule has 0 N–H and O–H groups in total. The average Bonchev–Trinajstić information content (AvgIpc) is 3.07. The maximum Gasteiger partial charge on any atom is 0.230 e. The van der Waals surface area contributed by atoms with Crippen molar-refractivity contribution in [3.8, 4) is 0 Å². The standard InChI is InChI=1S/C18H21N5O2/c1-12-6-4-8-20-17(12)23(14(3)25)18-16(19-9-10-21-18)15-7-5-11-22(15)13(2)24/h4,6,8-10,15H,5,7,11H2,1-3H3. The molecule has 130 valence electrons. The van der Waals surface area contributed by atoms with Gasteiger partial charge in [0.2, 0.25) is 11.8 Å². The summed E-state index contributed by atoms with van der Waals surface area (Å²) < 4.78 is 0. The summed E-state index contributed by atoms with van der Waals surface area (Å²) in [4.78, 5) is 40.9. The van der Waals surface area contributed by atoms with Gasteiger partial charge >= 0.3 is 0 Å². The lowest BCUT2D eigenvalue weighted by Crippen LogP contribution is -2.32. The van der Waals surface area contributed by atoms with Crippen molar-refractivity contribution in [3.63, 3.8) is 0 Å². The summed E-state index contributed by atoms with van der Waals surface area (Å²) in [5.41, 5.74) is 1.50. The van der Waals surface area contributed by atoms with E-state index in [1.165, 1.54) is 11.8 Å². The van der Waals surface area contributed by atoms with Crippen molar-refractivity contribution < 1.29 is 9.59 Å². The molecule has 2 aromatic rings. The zero-order valence-corrected chi connectivity index (χ0v) is 14.6. The third kappa shape index (κ3) is 3.22. The molecule has 0 bridgehead atoms. The largest absolute Gasteiger partial charge is 0.334 e. The zero-order chi connectivity index (χ0) is 18.0. The second-order valence-corrected chi connectivity index (χ2v) is 6.13. The van der Waals surface area contributed by atoms with Crippen molar-refractivity contribution in [3.05, 3.63) is 42.0 Å². The molecule has 1 aliphatic rings. The molecular weight excluding hydrogens is 318 g/mol. The molecule has 0 spiro atoms. The highest BCUT2D eigenvalue weighted by molar-refractivity contribution is 5.98. The van der Waals surface area contributed by atoms with Gasteiger partial charge in [-0.25, -0.2) is 14.9 Å². The van der Waals surface area contributed by atoms with E-state index in [-0.39, 0.29) is 17.9 Å². The Morgan fingerprint density at radius 1 is 1.12 bits per heavy atom. The molecule has 3 rings (SSSR count). The van der Waals surface area contributed by atoms with Crippen LogP contribution in [0.3, 0.4) is 0 Å². The fraction of sp³-hybridized carbons (Fsp3) is 0.389. The van der Waals surface area contributed by atoms with Gasteiger partial charge in [-0.2, -0.15) is 0 Å². The fourth-order valence-corrected chi connectivity index (χ4v) is 3.29. The van der Waals surface area contributed by atoms with Crippen LogP contribution in [-0.2, 0) is 9.59 Å². The van der Waals surface area contributed by atoms with Crippen LogP contribution in [0.15, 0.2) is 30.7 Å². The van der Waals surface area contributed by atoms with E-state index in [1.54, 1.807) is 30.4 Å². The lowest BCUT2D eigenvalue weighted by molar-refractivity contribution is -0.129. The summed E-state index contributed by atoms with van der Waals surface area (Å²) in [7, 11) is 0. The molecule has 1 unspecified atom stereocenters. The van der Waals surface area contributed by atoms with E-state index in [0.717, 1.165) is 18.4 Å². The quantitative estimate of drug-likeness (QED) is 0.858. The van der Waals surface area contributed by atoms with Gasteiger partial charge in [0, 0.05) is 39.0 Å². The van der Waals surface area contributed by atoms with Crippen LogP contribution in [0.4, 0.5) is 11.6 Å². The Hall–Kier alpha value is -2.83. The van der Waals surface area contributed by atoms with Gasteiger partial charge in [-0.05, 0) is 31.4 Å². The highest BCUT2D eigenvalue weighted by atomic mass is 16.2. The van der Waals surface area contributed by atoms with Gasteiger partial charge in [-0.15, -0.1) is 0 Å². The Bertz CT molecular complexity index is 808. The van der Waals surface area contributed by atoms with Crippen molar-refractivity contribution in [1.82, 2.24) is 19.9 Å². The lowest BCUT2D eigenvalue weighted by Gasteiger charge is -2.28. The lowest BCUT2D eigenvalue weighted by atomic mass is 10.1. The van der Waals surface area contributed by atoms with Crippen molar-refractivity contribution in [1.29, 1.82) is 0 Å². The van der Waals surface area contributed by atoms with Crippen LogP contribution in [0.2, 0.25) is 0 Å². The minimum Gasteiger partial charge on any atom is -0.334 e. The summed E-state index contributed by atoms with van der Waals surface area (Å²) in [5.74, 6) is 0.775. The van der Waals surface area contributed by atoms with Crippen LogP contribution in [-0.4, -0.2) is 38.2 Å². The summed E-state index contributed by atoms with van der Waals surface area (Å²) >= 11 is 0. The first-order valence-corrected chi connectivity index (χ1v) is 8.31. The number of hydrogen-bond acceptors (Lipinski definition) is 5. The van der Waals surface area contributed by atoms with Gasteiger partial charge < -0.3 is 4.90 Å². The van der Waals surface area contributed by atoms with E-state index in [9.17, 15) is 9.59 Å². The van der Waals surface area contributed by atoms with Gasteiger partial charge in [-0.3, -0.25) is 14.6 Å². The van der Waals surface area contributed by atoms with Crippen LogP contribution in [0.1, 0.15) is 44.0 Å². The van der Waals surface area contributed by atoms with E-state index in [0.29, 0.717) is 23.9 Å². The van der Waals surface area contributed by atoms with Crippen molar-refractivity contribution in [2.45, 2.75) is 39.7 Å². The second-order valence-electron chi connectivity index (χ2n) is 6.13. The number of pyridine rings is 1. The molecule has 3 heterocycles. The SMILES string of the molecule is CC(=O)N(c1ncccc1C)c1nccnc1C1CCCN1C(C)=O. The number of aryl methyl sites for hydroxylation is 1. The number of amides is 2. The summed E-state index contributed by atoms with van der Waals surface area (Å²) in [6, 6.07) is 3.54. The molecule has 1 atom stereocenters. The van der Waals surface area contributed by atoms with Crippen LogP contribution in [0, 0.1) is 6.92 Å². The number of nitrogens with zero attached hydrogens (tertiary/aromatic N) is 5. The Morgan fingerprint density at radius 2 is 1.84 bits per heavy atom. The van der Waals surface area contributed by atoms with Gasteiger partial charge in [-0.1, -0.05) is 6.07 Å². The zero-order valence-electron chi connectivity index (χ0n) is 14.6. The number of likely N-dealkylation sites (tertiary alicyclic amines) is 1. The molecule has 0 saturated carbocycles. The Kier molecular flexibility index (Phi) is 4.74. The number of hydrogen-bond donors (Lipinski definition) is 0. The Balaban J connectivity index is 2.12. The second kappa shape index (κ2) is 6.96. The predicted molar refractivity (Wildman–Crippen MR) is 93.2 cm³/mol. The predicted octanol–water partition coefficient (Wildman–Crippen LogP) is 2.55.